The van der Waals surface area contributed by atoms with Gasteiger partial charge in [-0.05, 0) is 36.2 Å². The highest BCUT2D eigenvalue weighted by Gasteiger charge is 2.00. The number of H-pyrrole nitrogens is 1. The quantitative estimate of drug-likeness (QED) is 0.707. The molecule has 0 spiro atoms. The van der Waals surface area contributed by atoms with Gasteiger partial charge >= 0.3 is 0 Å². The van der Waals surface area contributed by atoms with Gasteiger partial charge < -0.3 is 4.98 Å². The van der Waals surface area contributed by atoms with Crippen molar-refractivity contribution < 1.29 is 0 Å². The van der Waals surface area contributed by atoms with Gasteiger partial charge in [0, 0.05) is 5.38 Å². The molecule has 0 saturated heterocycles. The average molecular weight is 243 g/mol. The lowest BCUT2D eigenvalue weighted by Gasteiger charge is -1.86. The molecule has 0 radical (unpaired) electrons. The van der Waals surface area contributed by atoms with E-state index in [-0.39, 0.29) is 0 Å². The van der Waals surface area contributed by atoms with Crippen molar-refractivity contribution in [3.8, 4) is 10.6 Å². The normalized spacial score (nSPS) is 9.36. The summed E-state index contributed by atoms with van der Waals surface area (Å²) in [5.74, 6) is 0. The number of rotatable bonds is 1. The fourth-order valence-electron chi connectivity index (χ4n) is 0.973. The molecule has 0 atom stereocenters. The van der Waals surface area contributed by atoms with Crippen LogP contribution in [0.1, 0.15) is 19.4 Å². The second-order valence-electron chi connectivity index (χ2n) is 2.55. The number of aromatic nitrogens is 1. The van der Waals surface area contributed by atoms with Crippen LogP contribution in [0.15, 0.2) is 16.8 Å². The predicted octanol–water partition coefficient (Wildman–Crippen LogP) is 4.87. The summed E-state index contributed by atoms with van der Waals surface area (Å²) in [6, 6.07) is 2.16. The van der Waals surface area contributed by atoms with Crippen LogP contribution in [0.2, 0.25) is 0 Å². The lowest BCUT2D eigenvalue weighted by atomic mass is 10.3. The molecule has 76 valence electrons. The van der Waals surface area contributed by atoms with E-state index in [0.717, 1.165) is 9.65 Å². The average Bonchev–Trinajstić information content (AvgIpc) is 2.78. The first kappa shape index (κ1) is 11.6. The van der Waals surface area contributed by atoms with Gasteiger partial charge in [-0.3, -0.25) is 0 Å². The van der Waals surface area contributed by atoms with Gasteiger partial charge in [-0.2, -0.15) is 0 Å². The molecule has 1 N–H and O–H groups in total. The van der Waals surface area contributed by atoms with Crippen molar-refractivity contribution in [2.45, 2.75) is 20.8 Å². The number of nitrogens with one attached hydrogen (secondary N) is 1. The zero-order valence-corrected chi connectivity index (χ0v) is 10.9. The molecule has 4 heteroatoms. The molecule has 2 rings (SSSR count). The first-order valence-electron chi connectivity index (χ1n) is 4.49. The Morgan fingerprint density at radius 2 is 1.93 bits per heavy atom. The summed E-state index contributed by atoms with van der Waals surface area (Å²) in [7, 11) is 0. The van der Waals surface area contributed by atoms with Crippen molar-refractivity contribution in [1.82, 2.24) is 4.98 Å². The number of hydrogen-bond donors (Lipinski definition) is 1. The fraction of sp³-hybridized carbons (Fsp3) is 0.300. The first-order chi connectivity index (χ1) is 6.75. The van der Waals surface area contributed by atoms with Gasteiger partial charge in [0.2, 0.25) is 0 Å². The summed E-state index contributed by atoms with van der Waals surface area (Å²) in [6.45, 7) is 6.10. The SMILES string of the molecule is CC.Cc1csc(-c2csc(=S)[nH]2)c1. The van der Waals surface area contributed by atoms with Gasteiger partial charge in [-0.25, -0.2) is 0 Å². The minimum atomic E-state index is 0.844. The van der Waals surface area contributed by atoms with Gasteiger partial charge in [0.1, 0.15) is 0 Å². The molecule has 1 nitrogen and oxygen atoms in total. The number of aromatic amines is 1. The molecule has 0 aliphatic heterocycles. The highest BCUT2D eigenvalue weighted by atomic mass is 32.1. The van der Waals surface area contributed by atoms with E-state index < -0.39 is 0 Å². The van der Waals surface area contributed by atoms with E-state index in [2.05, 4.69) is 28.7 Å². The Morgan fingerprint density at radius 3 is 2.36 bits per heavy atom. The minimum Gasteiger partial charge on any atom is -0.336 e. The standard InChI is InChI=1S/C8H7NS3.C2H6/c1-5-2-7(11-3-5)6-4-12-8(10)9-6;1-2/h2-4H,1H3,(H,9,10);1-2H3. The Morgan fingerprint density at radius 1 is 1.21 bits per heavy atom. The lowest BCUT2D eigenvalue weighted by Crippen LogP contribution is -1.68. The van der Waals surface area contributed by atoms with Crippen LogP contribution < -0.4 is 0 Å². The predicted molar refractivity (Wildman–Crippen MR) is 68.9 cm³/mol. The first-order valence-corrected chi connectivity index (χ1v) is 6.66. The molecule has 0 fully saturated rings. The maximum Gasteiger partial charge on any atom is 0.158 e. The number of thiophene rings is 1. The third-order valence-corrected chi connectivity index (χ3v) is 3.66. The molecule has 2 aromatic rings. The van der Waals surface area contributed by atoms with Crippen molar-refractivity contribution in [1.29, 1.82) is 0 Å². The minimum absolute atomic E-state index is 0.844. The Labute approximate surface area is 97.4 Å². The molecule has 0 bridgehead atoms. The third kappa shape index (κ3) is 2.77. The fourth-order valence-corrected chi connectivity index (χ4v) is 2.75. The molecule has 0 amide bonds. The zero-order valence-electron chi connectivity index (χ0n) is 8.46. The van der Waals surface area contributed by atoms with Crippen LogP contribution >= 0.6 is 34.9 Å². The van der Waals surface area contributed by atoms with Crippen LogP contribution in [-0.4, -0.2) is 4.98 Å². The molecule has 0 saturated carbocycles. The lowest BCUT2D eigenvalue weighted by molar-refractivity contribution is 1.40. The van der Waals surface area contributed by atoms with Crippen molar-refractivity contribution in [2.24, 2.45) is 0 Å². The van der Waals surface area contributed by atoms with E-state index in [1.165, 1.54) is 10.4 Å². The highest BCUT2D eigenvalue weighted by Crippen LogP contribution is 2.26. The molecule has 14 heavy (non-hydrogen) atoms. The van der Waals surface area contributed by atoms with Crippen molar-refractivity contribution in [3.05, 3.63) is 26.3 Å². The number of hydrogen-bond acceptors (Lipinski definition) is 3. The van der Waals surface area contributed by atoms with Crippen molar-refractivity contribution in [2.75, 3.05) is 0 Å². The molecular formula is C10H13NS3. The monoisotopic (exact) mass is 243 g/mol. The van der Waals surface area contributed by atoms with Crippen LogP contribution in [0.5, 0.6) is 0 Å². The van der Waals surface area contributed by atoms with E-state index in [4.69, 9.17) is 12.2 Å². The topological polar surface area (TPSA) is 15.8 Å². The maximum atomic E-state index is 5.01. The molecular weight excluding hydrogens is 230 g/mol. The van der Waals surface area contributed by atoms with Gasteiger partial charge in [-0.1, -0.05) is 13.8 Å². The molecule has 2 aromatic heterocycles. The van der Waals surface area contributed by atoms with E-state index >= 15 is 0 Å². The molecule has 0 unspecified atom stereocenters. The molecule has 2 heterocycles. The highest BCUT2D eigenvalue weighted by molar-refractivity contribution is 7.73. The summed E-state index contributed by atoms with van der Waals surface area (Å²) in [5, 5.41) is 4.21. The smallest absolute Gasteiger partial charge is 0.158 e. The van der Waals surface area contributed by atoms with E-state index in [1.807, 2.05) is 13.8 Å². The number of aryl methyl sites for hydroxylation is 1. The summed E-state index contributed by atoms with van der Waals surface area (Å²) in [6.07, 6.45) is 0. The Kier molecular flexibility index (Phi) is 4.51. The van der Waals surface area contributed by atoms with E-state index in [1.54, 1.807) is 22.7 Å². The molecule has 0 aliphatic carbocycles. The van der Waals surface area contributed by atoms with Crippen LogP contribution in [0.4, 0.5) is 0 Å². The largest absolute Gasteiger partial charge is 0.336 e. The van der Waals surface area contributed by atoms with Crippen molar-refractivity contribution in [3.63, 3.8) is 0 Å². The third-order valence-electron chi connectivity index (χ3n) is 1.52. The van der Waals surface area contributed by atoms with Crippen LogP contribution in [0.3, 0.4) is 0 Å². The van der Waals surface area contributed by atoms with Gasteiger partial charge in [-0.15, -0.1) is 22.7 Å². The second-order valence-corrected chi connectivity index (χ2v) is 5.01. The van der Waals surface area contributed by atoms with Gasteiger partial charge in [0.05, 0.1) is 10.6 Å². The molecule has 0 aliphatic rings. The van der Waals surface area contributed by atoms with E-state index in [0.29, 0.717) is 0 Å². The number of thiazole rings is 1. The summed E-state index contributed by atoms with van der Waals surface area (Å²) < 4.78 is 0.844. The maximum absolute atomic E-state index is 5.01. The summed E-state index contributed by atoms with van der Waals surface area (Å²) >= 11 is 8.33. The van der Waals surface area contributed by atoms with Gasteiger partial charge in [0.15, 0.2) is 3.95 Å². The second kappa shape index (κ2) is 5.44. The van der Waals surface area contributed by atoms with Gasteiger partial charge in [0.25, 0.3) is 0 Å². The zero-order chi connectivity index (χ0) is 10.6. The van der Waals surface area contributed by atoms with Crippen LogP contribution in [-0.2, 0) is 0 Å². The Balaban J connectivity index is 0.000000461. The van der Waals surface area contributed by atoms with Crippen LogP contribution in [0.25, 0.3) is 10.6 Å². The summed E-state index contributed by atoms with van der Waals surface area (Å²) in [5.41, 5.74) is 2.45. The Bertz CT molecular complexity index is 436. The summed E-state index contributed by atoms with van der Waals surface area (Å²) in [4.78, 5) is 4.41. The van der Waals surface area contributed by atoms with E-state index in [9.17, 15) is 0 Å². The Hall–Kier alpha value is -0.450. The van der Waals surface area contributed by atoms with Crippen molar-refractivity contribution >= 4 is 34.9 Å². The molecule has 0 aromatic carbocycles. The van der Waals surface area contributed by atoms with Crippen LogP contribution in [0, 0.1) is 10.9 Å².